The van der Waals surface area contributed by atoms with Gasteiger partial charge in [0.1, 0.15) is 19.3 Å². The molecule has 0 spiro atoms. The summed E-state index contributed by atoms with van der Waals surface area (Å²) in [7, 11) is -0.146. The van der Waals surface area contributed by atoms with Gasteiger partial charge >= 0.3 is 0 Å². The molecule has 0 amide bonds. The van der Waals surface area contributed by atoms with Gasteiger partial charge in [0.2, 0.25) is 0 Å². The van der Waals surface area contributed by atoms with Crippen LogP contribution in [0.4, 0.5) is 11.5 Å². The van der Waals surface area contributed by atoms with Gasteiger partial charge in [0.15, 0.2) is 17.0 Å². The Morgan fingerprint density at radius 2 is 1.68 bits per heavy atom. The molecule has 7 nitrogen and oxygen atoms in total. The van der Waals surface area contributed by atoms with E-state index in [0.717, 1.165) is 53.9 Å². The molecule has 1 N–H and O–H groups in total. The number of aromatic nitrogens is 4. The molecule has 1 fully saturated rings. The maximum Gasteiger partial charge on any atom is 0.169 e. The van der Waals surface area contributed by atoms with E-state index in [-0.39, 0.29) is 0 Å². The number of hydrogen-bond donors (Lipinski definition) is 1. The van der Waals surface area contributed by atoms with Crippen molar-refractivity contribution in [3.63, 3.8) is 0 Å². The molecule has 0 unspecified atom stereocenters. The molecular formula is C29H35N6OP. The van der Waals surface area contributed by atoms with E-state index < -0.39 is 7.14 Å². The van der Waals surface area contributed by atoms with Gasteiger partial charge in [-0.3, -0.25) is 4.57 Å². The second-order valence-electron chi connectivity index (χ2n) is 10.5. The van der Waals surface area contributed by atoms with Gasteiger partial charge in [-0.1, -0.05) is 18.2 Å². The summed E-state index contributed by atoms with van der Waals surface area (Å²) in [5, 5.41) is 4.33. The van der Waals surface area contributed by atoms with Crippen molar-refractivity contribution in [3.05, 3.63) is 71.3 Å². The molecular weight excluding hydrogens is 479 g/mol. The first-order chi connectivity index (χ1) is 17.7. The van der Waals surface area contributed by atoms with Crippen molar-refractivity contribution in [1.82, 2.24) is 24.4 Å². The smallest absolute Gasteiger partial charge is 0.169 e. The summed E-state index contributed by atoms with van der Waals surface area (Å²) >= 11 is 0. The zero-order chi connectivity index (χ0) is 26.2. The molecule has 1 aliphatic rings. The van der Waals surface area contributed by atoms with Crippen LogP contribution in [0, 0.1) is 13.8 Å². The van der Waals surface area contributed by atoms with E-state index in [1.165, 1.54) is 16.7 Å². The standard InChI is InChI=1S/C29H35N6OP/c1-20-7-6-8-21(2)25(20)15-18-35-19-30-26-28(31-23-9-11-24(12-10-23)37(4,5)36)32-27(33-29(26)35)22-13-16-34(3)17-14-22/h6-12,15,18-19,22H,13-14,16-17H2,1-5H3,(H,31,32,33)/b18-15+. The highest BCUT2D eigenvalue weighted by Gasteiger charge is 2.23. The van der Waals surface area contributed by atoms with E-state index in [2.05, 4.69) is 55.4 Å². The molecule has 192 valence electrons. The normalized spacial score (nSPS) is 15.6. The van der Waals surface area contributed by atoms with Crippen LogP contribution in [0.25, 0.3) is 23.4 Å². The average Bonchev–Trinajstić information content (AvgIpc) is 3.27. The van der Waals surface area contributed by atoms with Gasteiger partial charge in [-0.2, -0.15) is 0 Å². The topological polar surface area (TPSA) is 75.9 Å². The fourth-order valence-electron chi connectivity index (χ4n) is 4.86. The van der Waals surface area contributed by atoms with Crippen molar-refractivity contribution in [2.75, 3.05) is 38.8 Å². The number of fused-ring (bicyclic) bond motifs is 1. The first-order valence-corrected chi connectivity index (χ1v) is 15.4. The third kappa shape index (κ3) is 5.53. The minimum absolute atomic E-state index is 0.306. The van der Waals surface area contributed by atoms with E-state index in [0.29, 0.717) is 11.7 Å². The molecule has 0 saturated carbocycles. The van der Waals surface area contributed by atoms with Crippen molar-refractivity contribution >= 4 is 47.4 Å². The molecule has 1 aliphatic heterocycles. The summed E-state index contributed by atoms with van der Waals surface area (Å²) in [6, 6.07) is 14.1. The predicted molar refractivity (Wildman–Crippen MR) is 155 cm³/mol. The van der Waals surface area contributed by atoms with Gasteiger partial charge < -0.3 is 14.8 Å². The molecule has 1 saturated heterocycles. The van der Waals surface area contributed by atoms with E-state index in [9.17, 15) is 4.57 Å². The minimum atomic E-state index is -2.31. The Bertz CT molecular complexity index is 1470. The van der Waals surface area contributed by atoms with Crippen molar-refractivity contribution in [2.24, 2.45) is 0 Å². The molecule has 37 heavy (non-hydrogen) atoms. The lowest BCUT2D eigenvalue weighted by Gasteiger charge is -2.28. The number of piperidine rings is 1. The molecule has 5 rings (SSSR count). The number of likely N-dealkylation sites (tertiary alicyclic amines) is 1. The second kappa shape index (κ2) is 10.2. The van der Waals surface area contributed by atoms with Crippen molar-refractivity contribution in [2.45, 2.75) is 32.6 Å². The first-order valence-electron chi connectivity index (χ1n) is 12.8. The Labute approximate surface area is 219 Å². The van der Waals surface area contributed by atoms with Crippen LogP contribution in [0.15, 0.2) is 48.8 Å². The first kappa shape index (κ1) is 25.4. The molecule has 0 aliphatic carbocycles. The van der Waals surface area contributed by atoms with Gasteiger partial charge in [0.25, 0.3) is 0 Å². The zero-order valence-electron chi connectivity index (χ0n) is 22.3. The van der Waals surface area contributed by atoms with E-state index >= 15 is 0 Å². The van der Waals surface area contributed by atoms with Crippen LogP contribution in [0.3, 0.4) is 0 Å². The van der Waals surface area contributed by atoms with Crippen LogP contribution in [0.1, 0.15) is 41.3 Å². The molecule has 4 aromatic rings. The minimum Gasteiger partial charge on any atom is -0.338 e. The predicted octanol–water partition coefficient (Wildman–Crippen LogP) is 5.87. The SMILES string of the molecule is Cc1cccc(C)c1/C=C/n1cnc2c(Nc3ccc(P(C)(C)=O)cc3)nc(C3CCN(C)CC3)nc21. The fourth-order valence-corrected chi connectivity index (χ4v) is 5.73. The van der Waals surface area contributed by atoms with Crippen LogP contribution in [0.5, 0.6) is 0 Å². The molecule has 0 atom stereocenters. The lowest BCUT2D eigenvalue weighted by molar-refractivity contribution is 0.251. The number of nitrogens with zero attached hydrogens (tertiary/aromatic N) is 5. The summed E-state index contributed by atoms with van der Waals surface area (Å²) in [6.45, 7) is 9.91. The van der Waals surface area contributed by atoms with Crippen LogP contribution >= 0.6 is 7.14 Å². The Balaban J connectivity index is 1.55. The number of aryl methyl sites for hydroxylation is 2. The Kier molecular flexibility index (Phi) is 7.02. The maximum absolute atomic E-state index is 12.4. The van der Waals surface area contributed by atoms with Gasteiger partial charge in [0, 0.05) is 23.1 Å². The Hall–Kier alpha value is -3.28. The van der Waals surface area contributed by atoms with E-state index in [4.69, 9.17) is 15.0 Å². The van der Waals surface area contributed by atoms with E-state index in [1.807, 2.05) is 35.0 Å². The highest BCUT2D eigenvalue weighted by Crippen LogP contribution is 2.35. The van der Waals surface area contributed by atoms with Gasteiger partial charge in [-0.15, -0.1) is 0 Å². The largest absolute Gasteiger partial charge is 0.338 e. The summed E-state index contributed by atoms with van der Waals surface area (Å²) in [5.74, 6) is 1.86. The number of anilines is 2. The highest BCUT2D eigenvalue weighted by atomic mass is 31.2. The maximum atomic E-state index is 12.4. The number of imidazole rings is 1. The molecule has 8 heteroatoms. The Morgan fingerprint density at radius 1 is 1.00 bits per heavy atom. The molecule has 0 bridgehead atoms. The Morgan fingerprint density at radius 3 is 2.32 bits per heavy atom. The summed E-state index contributed by atoms with van der Waals surface area (Å²) < 4.78 is 14.4. The number of hydrogen-bond acceptors (Lipinski definition) is 6. The molecule has 0 radical (unpaired) electrons. The van der Waals surface area contributed by atoms with Gasteiger partial charge in [-0.25, -0.2) is 15.0 Å². The third-order valence-corrected chi connectivity index (χ3v) is 8.76. The average molecular weight is 515 g/mol. The van der Waals surface area contributed by atoms with Crippen LogP contribution < -0.4 is 10.6 Å². The number of rotatable bonds is 6. The quantitative estimate of drug-likeness (QED) is 0.324. The monoisotopic (exact) mass is 514 g/mol. The van der Waals surface area contributed by atoms with Gasteiger partial charge in [0.05, 0.1) is 0 Å². The summed E-state index contributed by atoms with van der Waals surface area (Å²) in [4.78, 5) is 17.1. The molecule has 2 aromatic carbocycles. The fraction of sp³-hybridized carbons (Fsp3) is 0.345. The van der Waals surface area contributed by atoms with Crippen LogP contribution in [-0.2, 0) is 4.57 Å². The van der Waals surface area contributed by atoms with Crippen molar-refractivity contribution in [1.29, 1.82) is 0 Å². The van der Waals surface area contributed by atoms with Crippen LogP contribution in [-0.4, -0.2) is 57.9 Å². The lowest BCUT2D eigenvalue weighted by atomic mass is 9.96. The second-order valence-corrected chi connectivity index (χ2v) is 13.7. The number of nitrogens with one attached hydrogen (secondary N) is 1. The van der Waals surface area contributed by atoms with Gasteiger partial charge in [-0.05, 0) is 107 Å². The summed E-state index contributed by atoms with van der Waals surface area (Å²) in [5.41, 5.74) is 6.07. The summed E-state index contributed by atoms with van der Waals surface area (Å²) in [6.07, 6.45) is 8.04. The number of benzene rings is 2. The van der Waals surface area contributed by atoms with Crippen LogP contribution in [0.2, 0.25) is 0 Å². The van der Waals surface area contributed by atoms with Crippen molar-refractivity contribution in [3.8, 4) is 0 Å². The zero-order valence-corrected chi connectivity index (χ0v) is 23.2. The molecule has 2 aromatic heterocycles. The van der Waals surface area contributed by atoms with E-state index in [1.54, 1.807) is 19.7 Å². The molecule has 3 heterocycles. The third-order valence-electron chi connectivity index (χ3n) is 7.22. The van der Waals surface area contributed by atoms with Crippen molar-refractivity contribution < 1.29 is 4.57 Å². The lowest BCUT2D eigenvalue weighted by Crippen LogP contribution is -2.30. The highest BCUT2D eigenvalue weighted by molar-refractivity contribution is 7.70.